The van der Waals surface area contributed by atoms with Crippen molar-refractivity contribution in [1.29, 1.82) is 0 Å². The first kappa shape index (κ1) is 13.1. The minimum Gasteiger partial charge on any atom is -0.477 e. The van der Waals surface area contributed by atoms with Crippen LogP contribution in [0.25, 0.3) is 0 Å². The molecule has 3 N–H and O–H groups in total. The Balaban J connectivity index is 1.85. The highest BCUT2D eigenvalue weighted by Gasteiger charge is 2.09. The highest BCUT2D eigenvalue weighted by molar-refractivity contribution is 6.30. The van der Waals surface area contributed by atoms with Gasteiger partial charge < -0.3 is 10.1 Å². The first-order chi connectivity index (χ1) is 9.04. The number of H-pyrrole nitrogens is 1. The van der Waals surface area contributed by atoms with Crippen LogP contribution in [0.4, 0.5) is 5.95 Å². The molecule has 0 radical (unpaired) electrons. The van der Waals surface area contributed by atoms with E-state index < -0.39 is 5.97 Å². The van der Waals surface area contributed by atoms with Crippen LogP contribution in [0, 0.1) is 0 Å². The van der Waals surface area contributed by atoms with E-state index in [0.29, 0.717) is 11.6 Å². The number of nitrogens with zero attached hydrogens (tertiary/aromatic N) is 3. The molecule has 2 heterocycles. The maximum Gasteiger partial charge on any atom is 0.354 e. The van der Waals surface area contributed by atoms with E-state index >= 15 is 0 Å². The number of carboxylic acids is 1. The monoisotopic (exact) mass is 283 g/mol. The van der Waals surface area contributed by atoms with Crippen LogP contribution in [0.15, 0.2) is 18.6 Å². The van der Waals surface area contributed by atoms with Gasteiger partial charge >= 0.3 is 5.97 Å². The van der Waals surface area contributed by atoms with Gasteiger partial charge in [0.25, 0.3) is 0 Å². The van der Waals surface area contributed by atoms with Gasteiger partial charge in [0.1, 0.15) is 5.69 Å². The Labute approximate surface area is 112 Å². The standard InChI is InChI=1S/C10H10ClN5O3/c11-6-3-13-16(5-6)2-1-8(17)15-10-12-4-7(14-10)9(18)19/h3-5H,1-2H2,(H,18,19)(H2,12,14,15,17). The molecule has 0 unspecified atom stereocenters. The van der Waals surface area contributed by atoms with Crippen LogP contribution in [0.5, 0.6) is 0 Å². The molecule has 2 aromatic rings. The number of anilines is 1. The Morgan fingerprint density at radius 3 is 2.84 bits per heavy atom. The number of nitrogens with one attached hydrogen (secondary N) is 2. The minimum absolute atomic E-state index is 0.0887. The van der Waals surface area contributed by atoms with E-state index in [1.807, 2.05) is 0 Å². The van der Waals surface area contributed by atoms with Gasteiger partial charge in [-0.2, -0.15) is 5.10 Å². The number of amides is 1. The van der Waals surface area contributed by atoms with Gasteiger partial charge in [-0.1, -0.05) is 11.6 Å². The number of hydrogen-bond acceptors (Lipinski definition) is 4. The average molecular weight is 284 g/mol. The van der Waals surface area contributed by atoms with E-state index in [4.69, 9.17) is 16.7 Å². The quantitative estimate of drug-likeness (QED) is 0.757. The molecule has 8 nitrogen and oxygen atoms in total. The predicted octanol–water partition coefficient (Wildman–Crippen LogP) is 0.987. The van der Waals surface area contributed by atoms with Gasteiger partial charge in [-0.25, -0.2) is 9.78 Å². The van der Waals surface area contributed by atoms with Crippen molar-refractivity contribution in [1.82, 2.24) is 19.7 Å². The van der Waals surface area contributed by atoms with Crippen LogP contribution in [0.1, 0.15) is 16.9 Å². The van der Waals surface area contributed by atoms with Gasteiger partial charge in [-0.15, -0.1) is 0 Å². The van der Waals surface area contributed by atoms with Gasteiger partial charge in [-0.3, -0.25) is 14.8 Å². The van der Waals surface area contributed by atoms with E-state index in [0.717, 1.165) is 6.20 Å². The number of aromatic amines is 1. The van der Waals surface area contributed by atoms with E-state index in [1.54, 1.807) is 6.20 Å². The smallest absolute Gasteiger partial charge is 0.354 e. The SMILES string of the molecule is O=C(CCn1cc(Cl)cn1)Nc1ncc(C(=O)O)[nH]1. The number of aryl methyl sites for hydroxylation is 1. The fourth-order valence-corrected chi connectivity index (χ4v) is 1.52. The van der Waals surface area contributed by atoms with Crippen molar-refractivity contribution in [3.63, 3.8) is 0 Å². The second-order valence-corrected chi connectivity index (χ2v) is 4.11. The summed E-state index contributed by atoms with van der Waals surface area (Å²) in [6, 6.07) is 0. The molecule has 2 rings (SSSR count). The largest absolute Gasteiger partial charge is 0.477 e. The van der Waals surface area contributed by atoms with E-state index in [9.17, 15) is 9.59 Å². The summed E-state index contributed by atoms with van der Waals surface area (Å²) >= 11 is 5.68. The Morgan fingerprint density at radius 1 is 1.47 bits per heavy atom. The highest BCUT2D eigenvalue weighted by Crippen LogP contribution is 2.06. The van der Waals surface area contributed by atoms with Crippen molar-refractivity contribution in [3.05, 3.63) is 29.3 Å². The first-order valence-electron chi connectivity index (χ1n) is 5.30. The molecule has 0 bridgehead atoms. The molecule has 0 saturated carbocycles. The van der Waals surface area contributed by atoms with E-state index in [2.05, 4.69) is 20.4 Å². The highest BCUT2D eigenvalue weighted by atomic mass is 35.5. The maximum absolute atomic E-state index is 11.6. The Kier molecular flexibility index (Phi) is 3.81. The lowest BCUT2D eigenvalue weighted by atomic mass is 10.4. The minimum atomic E-state index is -1.14. The Morgan fingerprint density at radius 2 is 2.26 bits per heavy atom. The molecule has 0 aliphatic rings. The summed E-state index contributed by atoms with van der Waals surface area (Å²) in [6.07, 6.45) is 4.38. The molecule has 1 amide bonds. The molecule has 0 aliphatic carbocycles. The topological polar surface area (TPSA) is 113 Å². The molecule has 0 aromatic carbocycles. The first-order valence-corrected chi connectivity index (χ1v) is 5.68. The number of carboxylic acid groups (broad SMARTS) is 1. The van der Waals surface area contributed by atoms with Crippen molar-refractivity contribution in [2.75, 3.05) is 5.32 Å². The number of carbonyl (C=O) groups is 2. The zero-order valence-electron chi connectivity index (χ0n) is 9.63. The van der Waals surface area contributed by atoms with E-state index in [1.165, 1.54) is 10.9 Å². The average Bonchev–Trinajstić information content (AvgIpc) is 2.96. The zero-order valence-corrected chi connectivity index (χ0v) is 10.4. The summed E-state index contributed by atoms with van der Waals surface area (Å²) < 4.78 is 1.53. The van der Waals surface area contributed by atoms with Gasteiger partial charge in [0.15, 0.2) is 0 Å². The predicted molar refractivity (Wildman–Crippen MR) is 66.0 cm³/mol. The fraction of sp³-hybridized carbons (Fsp3) is 0.200. The summed E-state index contributed by atoms with van der Waals surface area (Å²) in [5.74, 6) is -1.35. The molecule has 9 heteroatoms. The Bertz CT molecular complexity index is 606. The molecule has 0 atom stereocenters. The lowest BCUT2D eigenvalue weighted by Crippen LogP contribution is -2.15. The van der Waals surface area contributed by atoms with Gasteiger partial charge in [0.2, 0.25) is 11.9 Å². The van der Waals surface area contributed by atoms with Crippen LogP contribution < -0.4 is 5.32 Å². The second-order valence-electron chi connectivity index (χ2n) is 3.67. The third-order valence-corrected chi connectivity index (χ3v) is 2.43. The molecule has 19 heavy (non-hydrogen) atoms. The molecule has 0 spiro atoms. The van der Waals surface area contributed by atoms with Crippen LogP contribution in [0.3, 0.4) is 0 Å². The van der Waals surface area contributed by atoms with E-state index in [-0.39, 0.29) is 24.0 Å². The fourth-order valence-electron chi connectivity index (χ4n) is 1.36. The number of aromatic nitrogens is 4. The van der Waals surface area contributed by atoms with Crippen molar-refractivity contribution < 1.29 is 14.7 Å². The van der Waals surface area contributed by atoms with Crippen molar-refractivity contribution in [2.24, 2.45) is 0 Å². The van der Waals surface area contributed by atoms with Gasteiger partial charge in [0, 0.05) is 19.2 Å². The number of halogens is 1. The molecule has 0 saturated heterocycles. The van der Waals surface area contributed by atoms with Crippen LogP contribution in [-0.2, 0) is 11.3 Å². The molecular weight excluding hydrogens is 274 g/mol. The van der Waals surface area contributed by atoms with Gasteiger partial charge in [0.05, 0.1) is 17.4 Å². The zero-order chi connectivity index (χ0) is 13.8. The Hall–Kier alpha value is -2.35. The number of hydrogen-bond donors (Lipinski definition) is 3. The second kappa shape index (κ2) is 5.53. The van der Waals surface area contributed by atoms with Crippen molar-refractivity contribution >= 4 is 29.4 Å². The lowest BCUT2D eigenvalue weighted by Gasteiger charge is -2.02. The third kappa shape index (κ3) is 3.55. The summed E-state index contributed by atoms with van der Waals surface area (Å²) in [6.45, 7) is 0.366. The van der Waals surface area contributed by atoms with Crippen LogP contribution in [-0.4, -0.2) is 36.7 Å². The van der Waals surface area contributed by atoms with Crippen LogP contribution >= 0.6 is 11.6 Å². The summed E-state index contributed by atoms with van der Waals surface area (Å²) in [7, 11) is 0. The summed E-state index contributed by atoms with van der Waals surface area (Å²) in [5.41, 5.74) is -0.0887. The third-order valence-electron chi connectivity index (χ3n) is 2.23. The van der Waals surface area contributed by atoms with Gasteiger partial charge in [-0.05, 0) is 0 Å². The maximum atomic E-state index is 11.6. The number of imidazole rings is 1. The molecule has 0 aliphatic heterocycles. The summed E-state index contributed by atoms with van der Waals surface area (Å²) in [5, 5.41) is 15.6. The molecule has 2 aromatic heterocycles. The molecular formula is C10H10ClN5O3. The summed E-state index contributed by atoms with van der Waals surface area (Å²) in [4.78, 5) is 28.4. The number of rotatable bonds is 5. The van der Waals surface area contributed by atoms with Crippen molar-refractivity contribution in [3.8, 4) is 0 Å². The van der Waals surface area contributed by atoms with Crippen molar-refractivity contribution in [2.45, 2.75) is 13.0 Å². The number of aromatic carboxylic acids is 1. The normalized spacial score (nSPS) is 10.4. The number of carbonyl (C=O) groups excluding carboxylic acids is 1. The van der Waals surface area contributed by atoms with Crippen LogP contribution in [0.2, 0.25) is 5.02 Å². The molecule has 100 valence electrons. The molecule has 0 fully saturated rings. The lowest BCUT2D eigenvalue weighted by molar-refractivity contribution is -0.116.